The van der Waals surface area contributed by atoms with Crippen LogP contribution < -0.4 is 5.73 Å². The van der Waals surface area contributed by atoms with Crippen molar-refractivity contribution in [1.82, 2.24) is 4.90 Å². The Balaban J connectivity index is 2.28. The molecular weight excluding hydrogens is 212 g/mol. The molecule has 0 aromatic heterocycles. The molecule has 1 aromatic carbocycles. The molecule has 0 amide bonds. The first-order valence-electron chi connectivity index (χ1n) is 6.18. The first kappa shape index (κ1) is 12.4. The lowest BCUT2D eigenvalue weighted by Crippen LogP contribution is -2.48. The molecule has 3 heteroatoms. The molecule has 3 nitrogen and oxygen atoms in total. The molecule has 0 fully saturated rings. The van der Waals surface area contributed by atoms with Crippen LogP contribution in [0.4, 0.5) is 5.69 Å². The Kier molecular flexibility index (Phi) is 3.40. The smallest absolute Gasteiger partial charge is 0.0589 e. The molecule has 0 aliphatic carbocycles. The molecule has 0 atom stereocenters. The van der Waals surface area contributed by atoms with Crippen LogP contribution >= 0.6 is 0 Å². The predicted octanol–water partition coefficient (Wildman–Crippen LogP) is 2.01. The van der Waals surface area contributed by atoms with E-state index in [2.05, 4.69) is 30.9 Å². The first-order valence-corrected chi connectivity index (χ1v) is 6.18. The van der Waals surface area contributed by atoms with Gasteiger partial charge in [-0.2, -0.15) is 0 Å². The number of anilines is 1. The number of rotatable bonds is 3. The normalized spacial score (nSPS) is 19.0. The Morgan fingerprint density at radius 2 is 2.18 bits per heavy atom. The SMILES string of the molecule is COCCN1CCc2cc(N)ccc2C1(C)C. The molecule has 0 bridgehead atoms. The average molecular weight is 234 g/mol. The minimum absolute atomic E-state index is 0.0693. The van der Waals surface area contributed by atoms with Crippen LogP contribution in [0.2, 0.25) is 0 Å². The lowest BCUT2D eigenvalue weighted by atomic mass is 9.83. The van der Waals surface area contributed by atoms with Gasteiger partial charge in [0.1, 0.15) is 0 Å². The molecule has 1 aromatic rings. The molecule has 0 unspecified atom stereocenters. The number of fused-ring (bicyclic) bond motifs is 1. The Bertz CT molecular complexity index is 401. The van der Waals surface area contributed by atoms with E-state index < -0.39 is 0 Å². The van der Waals surface area contributed by atoms with Gasteiger partial charge in [-0.1, -0.05) is 6.07 Å². The maximum atomic E-state index is 5.85. The quantitative estimate of drug-likeness (QED) is 0.813. The van der Waals surface area contributed by atoms with Crippen LogP contribution in [0.3, 0.4) is 0 Å². The zero-order valence-corrected chi connectivity index (χ0v) is 11.0. The van der Waals surface area contributed by atoms with E-state index in [-0.39, 0.29) is 5.54 Å². The number of benzene rings is 1. The molecule has 1 heterocycles. The summed E-state index contributed by atoms with van der Waals surface area (Å²) in [7, 11) is 1.76. The van der Waals surface area contributed by atoms with Gasteiger partial charge in [-0.25, -0.2) is 0 Å². The second-order valence-corrected chi connectivity index (χ2v) is 5.21. The van der Waals surface area contributed by atoms with Crippen molar-refractivity contribution in [3.63, 3.8) is 0 Å². The fraction of sp³-hybridized carbons (Fsp3) is 0.571. The second kappa shape index (κ2) is 4.67. The van der Waals surface area contributed by atoms with Gasteiger partial charge in [-0.15, -0.1) is 0 Å². The molecule has 94 valence electrons. The summed E-state index contributed by atoms with van der Waals surface area (Å²) in [6.07, 6.45) is 1.08. The lowest BCUT2D eigenvalue weighted by Gasteiger charge is -2.44. The van der Waals surface area contributed by atoms with Crippen molar-refractivity contribution in [3.8, 4) is 0 Å². The summed E-state index contributed by atoms with van der Waals surface area (Å²) >= 11 is 0. The van der Waals surface area contributed by atoms with E-state index in [0.29, 0.717) is 0 Å². The van der Waals surface area contributed by atoms with E-state index in [4.69, 9.17) is 10.5 Å². The second-order valence-electron chi connectivity index (χ2n) is 5.21. The number of methoxy groups -OCH3 is 1. The van der Waals surface area contributed by atoms with Gasteiger partial charge >= 0.3 is 0 Å². The number of nitrogens with two attached hydrogens (primary N) is 1. The van der Waals surface area contributed by atoms with E-state index in [1.807, 2.05) is 6.07 Å². The van der Waals surface area contributed by atoms with Crippen LogP contribution in [0.5, 0.6) is 0 Å². The zero-order chi connectivity index (χ0) is 12.5. The highest BCUT2D eigenvalue weighted by atomic mass is 16.5. The van der Waals surface area contributed by atoms with Gasteiger partial charge in [0.25, 0.3) is 0 Å². The van der Waals surface area contributed by atoms with E-state index in [9.17, 15) is 0 Å². The highest BCUT2D eigenvalue weighted by Crippen LogP contribution is 2.35. The summed E-state index contributed by atoms with van der Waals surface area (Å²) in [5, 5.41) is 0. The topological polar surface area (TPSA) is 38.5 Å². The summed E-state index contributed by atoms with van der Waals surface area (Å²) in [4.78, 5) is 2.48. The van der Waals surface area contributed by atoms with Crippen molar-refractivity contribution in [3.05, 3.63) is 29.3 Å². The summed E-state index contributed by atoms with van der Waals surface area (Å²) in [5.74, 6) is 0. The van der Waals surface area contributed by atoms with Crippen molar-refractivity contribution >= 4 is 5.69 Å². The number of nitrogen functional groups attached to an aromatic ring is 1. The minimum Gasteiger partial charge on any atom is -0.399 e. The average Bonchev–Trinajstić information content (AvgIpc) is 2.27. The van der Waals surface area contributed by atoms with Crippen LogP contribution in [-0.2, 0) is 16.7 Å². The maximum Gasteiger partial charge on any atom is 0.0589 e. The third kappa shape index (κ3) is 2.31. The summed E-state index contributed by atoms with van der Waals surface area (Å²) in [6.45, 7) is 7.39. The van der Waals surface area contributed by atoms with Gasteiger partial charge in [-0.3, -0.25) is 4.90 Å². The summed E-state index contributed by atoms with van der Waals surface area (Å²) in [6, 6.07) is 6.29. The Morgan fingerprint density at radius 1 is 1.41 bits per heavy atom. The number of hydrogen-bond donors (Lipinski definition) is 1. The monoisotopic (exact) mass is 234 g/mol. The first-order chi connectivity index (χ1) is 8.05. The third-order valence-electron chi connectivity index (χ3n) is 3.80. The van der Waals surface area contributed by atoms with Gasteiger partial charge in [-0.05, 0) is 43.5 Å². The van der Waals surface area contributed by atoms with Crippen molar-refractivity contribution in [2.75, 3.05) is 32.5 Å². The van der Waals surface area contributed by atoms with Crippen LogP contribution in [0, 0.1) is 0 Å². The largest absolute Gasteiger partial charge is 0.399 e. The molecule has 2 N–H and O–H groups in total. The Labute approximate surface area is 104 Å². The molecule has 0 saturated heterocycles. The fourth-order valence-corrected chi connectivity index (χ4v) is 2.72. The zero-order valence-electron chi connectivity index (χ0n) is 11.0. The number of nitrogens with zero attached hydrogens (tertiary/aromatic N) is 1. The minimum atomic E-state index is 0.0693. The van der Waals surface area contributed by atoms with E-state index >= 15 is 0 Å². The lowest BCUT2D eigenvalue weighted by molar-refractivity contribution is 0.0678. The molecule has 0 spiro atoms. The number of ether oxygens (including phenoxy) is 1. The maximum absolute atomic E-state index is 5.85. The summed E-state index contributed by atoms with van der Waals surface area (Å²) < 4.78 is 5.18. The third-order valence-corrected chi connectivity index (χ3v) is 3.80. The predicted molar refractivity (Wildman–Crippen MR) is 71.0 cm³/mol. The highest BCUT2D eigenvalue weighted by Gasteiger charge is 2.33. The summed E-state index contributed by atoms with van der Waals surface area (Å²) in [5.41, 5.74) is 9.58. The van der Waals surface area contributed by atoms with Gasteiger partial charge in [0.15, 0.2) is 0 Å². The van der Waals surface area contributed by atoms with Crippen molar-refractivity contribution in [2.45, 2.75) is 25.8 Å². The standard InChI is InChI=1S/C14H22N2O/c1-14(2)13-5-4-12(15)10-11(13)6-7-16(14)8-9-17-3/h4-5,10H,6-9,15H2,1-3H3. The van der Waals surface area contributed by atoms with Crippen LogP contribution in [0.25, 0.3) is 0 Å². The highest BCUT2D eigenvalue weighted by molar-refractivity contribution is 5.48. The molecule has 2 rings (SSSR count). The van der Waals surface area contributed by atoms with Crippen LogP contribution in [0.15, 0.2) is 18.2 Å². The Morgan fingerprint density at radius 3 is 2.88 bits per heavy atom. The van der Waals surface area contributed by atoms with E-state index in [1.165, 1.54) is 11.1 Å². The molecule has 1 aliphatic heterocycles. The van der Waals surface area contributed by atoms with Crippen LogP contribution in [-0.4, -0.2) is 31.7 Å². The van der Waals surface area contributed by atoms with E-state index in [1.54, 1.807) is 7.11 Å². The Hall–Kier alpha value is -1.06. The van der Waals surface area contributed by atoms with Crippen molar-refractivity contribution < 1.29 is 4.74 Å². The van der Waals surface area contributed by atoms with Crippen molar-refractivity contribution in [1.29, 1.82) is 0 Å². The molecule has 17 heavy (non-hydrogen) atoms. The molecule has 0 radical (unpaired) electrons. The van der Waals surface area contributed by atoms with Gasteiger partial charge in [0, 0.05) is 31.4 Å². The van der Waals surface area contributed by atoms with E-state index in [0.717, 1.165) is 31.8 Å². The van der Waals surface area contributed by atoms with Crippen LogP contribution in [0.1, 0.15) is 25.0 Å². The van der Waals surface area contributed by atoms with Gasteiger partial charge < -0.3 is 10.5 Å². The number of hydrogen-bond acceptors (Lipinski definition) is 3. The molecule has 0 saturated carbocycles. The van der Waals surface area contributed by atoms with Crippen molar-refractivity contribution in [2.24, 2.45) is 0 Å². The molecular formula is C14H22N2O. The fourth-order valence-electron chi connectivity index (χ4n) is 2.72. The van der Waals surface area contributed by atoms with Gasteiger partial charge in [0.05, 0.1) is 6.61 Å². The molecule has 1 aliphatic rings. The van der Waals surface area contributed by atoms with Gasteiger partial charge in [0.2, 0.25) is 0 Å².